The number of halogens is 1. The van der Waals surface area contributed by atoms with Crippen molar-refractivity contribution in [2.24, 2.45) is 0 Å². The van der Waals surface area contributed by atoms with Gasteiger partial charge in [-0.25, -0.2) is 9.97 Å². The van der Waals surface area contributed by atoms with E-state index in [1.165, 1.54) is 0 Å². The van der Waals surface area contributed by atoms with Gasteiger partial charge in [0, 0.05) is 19.2 Å². The third-order valence-electron chi connectivity index (χ3n) is 2.54. The molecule has 2 rings (SSSR count). The maximum Gasteiger partial charge on any atom is 0.134 e. The van der Waals surface area contributed by atoms with Crippen LogP contribution in [0.2, 0.25) is 5.15 Å². The molecule has 0 spiro atoms. The number of nitrogens with zero attached hydrogens (tertiary/aromatic N) is 3. The van der Waals surface area contributed by atoms with Crippen molar-refractivity contribution in [2.75, 3.05) is 18.0 Å². The monoisotopic (exact) mass is 241 g/mol. The molecule has 0 radical (unpaired) electrons. The molecule has 0 N–H and O–H groups in total. The molecule has 2 heterocycles. The molecule has 2 atom stereocenters. The van der Waals surface area contributed by atoms with Crippen LogP contribution in [0.4, 0.5) is 5.82 Å². The Morgan fingerprint density at radius 1 is 1.31 bits per heavy atom. The zero-order chi connectivity index (χ0) is 11.7. The van der Waals surface area contributed by atoms with Crippen molar-refractivity contribution in [3.05, 3.63) is 17.0 Å². The summed E-state index contributed by atoms with van der Waals surface area (Å²) < 4.78 is 5.68. The van der Waals surface area contributed by atoms with Crippen LogP contribution < -0.4 is 4.90 Å². The molecule has 0 aliphatic carbocycles. The van der Waals surface area contributed by atoms with Gasteiger partial charge in [0.1, 0.15) is 16.8 Å². The van der Waals surface area contributed by atoms with Gasteiger partial charge >= 0.3 is 0 Å². The summed E-state index contributed by atoms with van der Waals surface area (Å²) in [6, 6.07) is 1.80. The lowest BCUT2D eigenvalue weighted by atomic mass is 10.2. The van der Waals surface area contributed by atoms with Crippen LogP contribution in [-0.4, -0.2) is 35.3 Å². The zero-order valence-corrected chi connectivity index (χ0v) is 10.5. The number of aromatic nitrogens is 2. The molecule has 0 aromatic carbocycles. The van der Waals surface area contributed by atoms with Gasteiger partial charge in [0.15, 0.2) is 0 Å². The molecule has 16 heavy (non-hydrogen) atoms. The van der Waals surface area contributed by atoms with Crippen LogP contribution in [0.5, 0.6) is 0 Å². The molecule has 1 aliphatic heterocycles. The van der Waals surface area contributed by atoms with Gasteiger partial charge in [-0.15, -0.1) is 0 Å². The molecule has 1 aliphatic rings. The average molecular weight is 242 g/mol. The van der Waals surface area contributed by atoms with Crippen LogP contribution in [-0.2, 0) is 4.74 Å². The first-order valence-electron chi connectivity index (χ1n) is 5.46. The SMILES string of the molecule is Cc1nc(Cl)cc(N2CC(C)OC(C)C2)n1. The van der Waals surface area contributed by atoms with Crippen molar-refractivity contribution in [2.45, 2.75) is 33.0 Å². The van der Waals surface area contributed by atoms with E-state index in [1.54, 1.807) is 6.07 Å². The third kappa shape index (κ3) is 2.62. The van der Waals surface area contributed by atoms with E-state index in [0.29, 0.717) is 11.0 Å². The summed E-state index contributed by atoms with van der Waals surface area (Å²) in [7, 11) is 0. The standard InChI is InChI=1S/C11H16ClN3O/c1-7-5-15(6-8(2)16-7)11-4-10(12)13-9(3)14-11/h4,7-8H,5-6H2,1-3H3. The van der Waals surface area contributed by atoms with Crippen LogP contribution >= 0.6 is 11.6 Å². The Labute approximate surface area is 101 Å². The second-order valence-electron chi connectivity index (χ2n) is 4.26. The molecule has 1 aromatic rings. The summed E-state index contributed by atoms with van der Waals surface area (Å²) in [5.74, 6) is 1.59. The van der Waals surface area contributed by atoms with Crippen LogP contribution in [0.3, 0.4) is 0 Å². The van der Waals surface area contributed by atoms with E-state index in [-0.39, 0.29) is 12.2 Å². The summed E-state index contributed by atoms with van der Waals surface area (Å²) >= 11 is 5.93. The van der Waals surface area contributed by atoms with E-state index < -0.39 is 0 Å². The summed E-state index contributed by atoms with van der Waals surface area (Å²) in [6.45, 7) is 7.67. The average Bonchev–Trinajstić information content (AvgIpc) is 2.14. The van der Waals surface area contributed by atoms with Gasteiger partial charge in [-0.3, -0.25) is 0 Å². The van der Waals surface area contributed by atoms with Gasteiger partial charge in [-0.1, -0.05) is 11.6 Å². The number of rotatable bonds is 1. The van der Waals surface area contributed by atoms with Gasteiger partial charge in [0.2, 0.25) is 0 Å². The lowest BCUT2D eigenvalue weighted by molar-refractivity contribution is -0.00547. The summed E-state index contributed by atoms with van der Waals surface area (Å²) in [6.07, 6.45) is 0.440. The highest BCUT2D eigenvalue weighted by Crippen LogP contribution is 2.20. The summed E-state index contributed by atoms with van der Waals surface area (Å²) in [5, 5.41) is 0.495. The van der Waals surface area contributed by atoms with Crippen molar-refractivity contribution in [1.82, 2.24) is 9.97 Å². The first-order chi connectivity index (χ1) is 7.54. The minimum absolute atomic E-state index is 0.220. The highest BCUT2D eigenvalue weighted by Gasteiger charge is 2.23. The predicted octanol–water partition coefficient (Wildman–Crippen LogP) is 2.05. The molecular formula is C11H16ClN3O. The van der Waals surface area contributed by atoms with Crippen molar-refractivity contribution < 1.29 is 4.74 Å². The Balaban J connectivity index is 2.22. The van der Waals surface area contributed by atoms with Gasteiger partial charge in [0.25, 0.3) is 0 Å². The lowest BCUT2D eigenvalue weighted by Crippen LogP contribution is -2.45. The number of ether oxygens (including phenoxy) is 1. The van der Waals surface area contributed by atoms with Crippen LogP contribution in [0.15, 0.2) is 6.07 Å². The van der Waals surface area contributed by atoms with Crippen molar-refractivity contribution in [3.63, 3.8) is 0 Å². The molecule has 1 saturated heterocycles. The van der Waals surface area contributed by atoms with Gasteiger partial charge in [-0.2, -0.15) is 0 Å². The van der Waals surface area contributed by atoms with Gasteiger partial charge in [-0.05, 0) is 20.8 Å². The number of aryl methyl sites for hydroxylation is 1. The Hall–Kier alpha value is -0.870. The number of hydrogen-bond donors (Lipinski definition) is 0. The van der Waals surface area contributed by atoms with E-state index in [0.717, 1.165) is 18.9 Å². The van der Waals surface area contributed by atoms with Crippen LogP contribution in [0.1, 0.15) is 19.7 Å². The molecule has 0 saturated carbocycles. The minimum atomic E-state index is 0.220. The molecule has 5 heteroatoms. The molecule has 1 aromatic heterocycles. The minimum Gasteiger partial charge on any atom is -0.372 e. The highest BCUT2D eigenvalue weighted by molar-refractivity contribution is 6.29. The fraction of sp³-hybridized carbons (Fsp3) is 0.636. The predicted molar refractivity (Wildman–Crippen MR) is 64.0 cm³/mol. The molecule has 2 unspecified atom stereocenters. The van der Waals surface area contributed by atoms with E-state index in [1.807, 2.05) is 6.92 Å². The summed E-state index contributed by atoms with van der Waals surface area (Å²) in [4.78, 5) is 10.7. The van der Waals surface area contributed by atoms with Crippen LogP contribution in [0.25, 0.3) is 0 Å². The Morgan fingerprint density at radius 2 is 1.94 bits per heavy atom. The molecule has 1 fully saturated rings. The number of hydrogen-bond acceptors (Lipinski definition) is 4. The molecule has 88 valence electrons. The first-order valence-corrected chi connectivity index (χ1v) is 5.84. The Kier molecular flexibility index (Phi) is 3.30. The first kappa shape index (κ1) is 11.6. The highest BCUT2D eigenvalue weighted by atomic mass is 35.5. The van der Waals surface area contributed by atoms with Gasteiger partial charge in [0.05, 0.1) is 12.2 Å². The molecule has 0 bridgehead atoms. The lowest BCUT2D eigenvalue weighted by Gasteiger charge is -2.36. The van der Waals surface area contributed by atoms with Crippen molar-refractivity contribution in [3.8, 4) is 0 Å². The largest absolute Gasteiger partial charge is 0.372 e. The number of morpholine rings is 1. The normalized spacial score (nSPS) is 25.9. The quantitative estimate of drug-likeness (QED) is 0.706. The third-order valence-corrected chi connectivity index (χ3v) is 2.73. The van der Waals surface area contributed by atoms with Gasteiger partial charge < -0.3 is 9.64 Å². The Bertz CT molecular complexity index is 355. The maximum atomic E-state index is 5.93. The fourth-order valence-corrected chi connectivity index (χ4v) is 2.26. The Morgan fingerprint density at radius 3 is 2.50 bits per heavy atom. The smallest absolute Gasteiger partial charge is 0.134 e. The van der Waals surface area contributed by atoms with E-state index >= 15 is 0 Å². The molecule has 4 nitrogen and oxygen atoms in total. The van der Waals surface area contributed by atoms with E-state index in [2.05, 4.69) is 28.7 Å². The summed E-state index contributed by atoms with van der Waals surface area (Å²) in [5.41, 5.74) is 0. The van der Waals surface area contributed by atoms with E-state index in [4.69, 9.17) is 16.3 Å². The topological polar surface area (TPSA) is 38.2 Å². The van der Waals surface area contributed by atoms with Crippen molar-refractivity contribution in [1.29, 1.82) is 0 Å². The second-order valence-corrected chi connectivity index (χ2v) is 4.65. The molecular weight excluding hydrogens is 226 g/mol. The van der Waals surface area contributed by atoms with Crippen LogP contribution in [0, 0.1) is 6.92 Å². The van der Waals surface area contributed by atoms with E-state index in [9.17, 15) is 0 Å². The number of anilines is 1. The molecule has 0 amide bonds. The maximum absolute atomic E-state index is 5.93. The second kappa shape index (κ2) is 4.55. The van der Waals surface area contributed by atoms with Crippen molar-refractivity contribution >= 4 is 17.4 Å². The fourth-order valence-electron chi connectivity index (χ4n) is 2.04. The zero-order valence-electron chi connectivity index (χ0n) is 9.77.